The molecule has 0 aliphatic carbocycles. The minimum absolute atomic E-state index is 0.0570. The van der Waals surface area contributed by atoms with Gasteiger partial charge in [-0.15, -0.1) is 33.3 Å². The number of para-hydroxylation sites is 1. The molecule has 4 aromatic rings. The maximum atomic E-state index is 12.9. The maximum absolute atomic E-state index is 12.9. The van der Waals surface area contributed by atoms with Crippen LogP contribution in [0.5, 0.6) is 0 Å². The summed E-state index contributed by atoms with van der Waals surface area (Å²) in [4.78, 5) is 15.0. The van der Waals surface area contributed by atoms with Crippen molar-refractivity contribution in [2.45, 2.75) is 28.8 Å². The van der Waals surface area contributed by atoms with Gasteiger partial charge in [-0.25, -0.2) is 0 Å². The first-order chi connectivity index (χ1) is 15.2. The monoisotopic (exact) mass is 466 g/mol. The largest absolute Gasteiger partial charge is 0.324 e. The summed E-state index contributed by atoms with van der Waals surface area (Å²) in [5.74, 6) is 0.764. The van der Waals surface area contributed by atoms with Crippen molar-refractivity contribution in [3.63, 3.8) is 0 Å². The minimum Gasteiger partial charge on any atom is -0.324 e. The van der Waals surface area contributed by atoms with Crippen LogP contribution in [0.4, 0.5) is 5.69 Å². The number of nitrogens with zero attached hydrogens (tertiary/aromatic N) is 3. The molecule has 2 aromatic carbocycles. The average molecular weight is 467 g/mol. The van der Waals surface area contributed by atoms with Crippen LogP contribution in [-0.2, 0) is 11.3 Å². The van der Waals surface area contributed by atoms with E-state index in [1.54, 1.807) is 23.1 Å². The second-order valence-electron chi connectivity index (χ2n) is 6.80. The molecule has 0 fully saturated rings. The molecule has 1 unspecified atom stereocenters. The number of hydrogen-bond donors (Lipinski definition) is 1. The van der Waals surface area contributed by atoms with E-state index in [0.717, 1.165) is 32.0 Å². The number of carbonyl (C=O) groups is 1. The van der Waals surface area contributed by atoms with Gasteiger partial charge in [0, 0.05) is 4.90 Å². The number of carbonyl (C=O) groups excluding carboxylic acids is 1. The average Bonchev–Trinajstić information content (AvgIpc) is 3.45. The zero-order valence-corrected chi connectivity index (χ0v) is 19.6. The van der Waals surface area contributed by atoms with Gasteiger partial charge < -0.3 is 5.32 Å². The van der Waals surface area contributed by atoms with E-state index < -0.39 is 0 Å². The zero-order chi connectivity index (χ0) is 21.6. The lowest BCUT2D eigenvalue weighted by atomic mass is 10.2. The van der Waals surface area contributed by atoms with Crippen molar-refractivity contribution in [1.82, 2.24) is 14.8 Å². The summed E-state index contributed by atoms with van der Waals surface area (Å²) in [6.45, 7) is 2.54. The first-order valence-corrected chi connectivity index (χ1v) is 12.8. The quantitative estimate of drug-likeness (QED) is 0.328. The van der Waals surface area contributed by atoms with Gasteiger partial charge in [0.25, 0.3) is 0 Å². The molecule has 1 amide bonds. The number of hydrogen-bond acceptors (Lipinski definition) is 6. The van der Waals surface area contributed by atoms with Crippen LogP contribution in [0, 0.1) is 0 Å². The maximum Gasteiger partial charge on any atom is 0.237 e. The van der Waals surface area contributed by atoms with Crippen LogP contribution in [-0.4, -0.2) is 32.2 Å². The highest BCUT2D eigenvalue weighted by Crippen LogP contribution is 2.31. The highest BCUT2D eigenvalue weighted by Gasteiger charge is 2.22. The molecule has 1 N–H and O–H groups in total. The molecule has 0 bridgehead atoms. The lowest BCUT2D eigenvalue weighted by molar-refractivity contribution is -0.115. The van der Waals surface area contributed by atoms with Crippen molar-refractivity contribution in [3.05, 3.63) is 77.7 Å². The van der Waals surface area contributed by atoms with E-state index in [-0.39, 0.29) is 11.2 Å². The summed E-state index contributed by atoms with van der Waals surface area (Å²) in [6.07, 6.45) is 2.00. The fourth-order valence-electron chi connectivity index (χ4n) is 3.07. The van der Waals surface area contributed by atoms with Crippen LogP contribution >= 0.6 is 34.9 Å². The number of thiophene rings is 1. The number of benzene rings is 2. The van der Waals surface area contributed by atoms with E-state index in [9.17, 15) is 4.79 Å². The highest BCUT2D eigenvalue weighted by molar-refractivity contribution is 8.00. The van der Waals surface area contributed by atoms with Crippen molar-refractivity contribution >= 4 is 46.5 Å². The Morgan fingerprint density at radius 3 is 2.58 bits per heavy atom. The van der Waals surface area contributed by atoms with Crippen molar-refractivity contribution in [2.75, 3.05) is 11.6 Å². The Hall–Kier alpha value is -2.55. The fraction of sp³-hybridized carbons (Fsp3) is 0.174. The predicted octanol–water partition coefficient (Wildman–Crippen LogP) is 5.90. The molecular weight excluding hydrogens is 444 g/mol. The van der Waals surface area contributed by atoms with E-state index in [1.807, 2.05) is 73.2 Å². The molecule has 0 aliphatic heterocycles. The molecule has 0 aliphatic rings. The normalized spacial score (nSPS) is 11.9. The Bertz CT molecular complexity index is 1140. The lowest BCUT2D eigenvalue weighted by Crippen LogP contribution is -2.23. The first kappa shape index (κ1) is 21.7. The van der Waals surface area contributed by atoms with Gasteiger partial charge in [0.15, 0.2) is 11.0 Å². The summed E-state index contributed by atoms with van der Waals surface area (Å²) in [5, 5.41) is 14.4. The molecule has 31 heavy (non-hydrogen) atoms. The Morgan fingerprint density at radius 2 is 1.84 bits per heavy atom. The van der Waals surface area contributed by atoms with Crippen LogP contribution in [0.3, 0.4) is 0 Å². The van der Waals surface area contributed by atoms with Crippen LogP contribution in [0.25, 0.3) is 10.7 Å². The number of nitrogens with one attached hydrogen (secondary N) is 1. The van der Waals surface area contributed by atoms with E-state index in [2.05, 4.69) is 32.2 Å². The summed E-state index contributed by atoms with van der Waals surface area (Å²) >= 11 is 4.67. The summed E-state index contributed by atoms with van der Waals surface area (Å²) in [7, 11) is 0. The molecule has 1 atom stereocenters. The lowest BCUT2D eigenvalue weighted by Gasteiger charge is -2.15. The minimum atomic E-state index is -0.329. The van der Waals surface area contributed by atoms with Gasteiger partial charge in [0.2, 0.25) is 5.91 Å². The third-order valence-electron chi connectivity index (χ3n) is 4.66. The number of amides is 1. The molecule has 0 radical (unpaired) electrons. The van der Waals surface area contributed by atoms with Crippen molar-refractivity contribution in [2.24, 2.45) is 0 Å². The predicted molar refractivity (Wildman–Crippen MR) is 131 cm³/mol. The molecular formula is C23H22N4OS3. The van der Waals surface area contributed by atoms with E-state index in [0.29, 0.717) is 6.54 Å². The number of aromatic nitrogens is 3. The molecule has 0 saturated carbocycles. The third kappa shape index (κ3) is 5.20. The number of rotatable bonds is 8. The fourth-order valence-corrected chi connectivity index (χ4v) is 5.19. The van der Waals surface area contributed by atoms with Crippen LogP contribution < -0.4 is 5.32 Å². The third-order valence-corrected chi connectivity index (χ3v) is 7.40. The van der Waals surface area contributed by atoms with Gasteiger partial charge >= 0.3 is 0 Å². The van der Waals surface area contributed by atoms with Crippen LogP contribution in [0.15, 0.2) is 82.2 Å². The molecule has 2 heterocycles. The SMILES string of the molecule is CSc1ccccc1NC(=O)C(C)Sc1nnc(-c2cccs2)n1Cc1ccccc1. The van der Waals surface area contributed by atoms with Crippen molar-refractivity contribution < 1.29 is 4.79 Å². The first-order valence-electron chi connectivity index (χ1n) is 9.77. The van der Waals surface area contributed by atoms with Gasteiger partial charge in [-0.1, -0.05) is 60.3 Å². The molecule has 2 aromatic heterocycles. The van der Waals surface area contributed by atoms with Gasteiger partial charge in [-0.05, 0) is 42.3 Å². The molecule has 4 rings (SSSR count). The summed E-state index contributed by atoms with van der Waals surface area (Å²) in [6, 6.07) is 22.1. The topological polar surface area (TPSA) is 59.8 Å². The second-order valence-corrected chi connectivity index (χ2v) is 9.91. The van der Waals surface area contributed by atoms with E-state index in [4.69, 9.17) is 0 Å². The Labute approximate surface area is 194 Å². The molecule has 0 spiro atoms. The Balaban J connectivity index is 1.56. The highest BCUT2D eigenvalue weighted by atomic mass is 32.2. The summed E-state index contributed by atoms with van der Waals surface area (Å²) < 4.78 is 2.09. The van der Waals surface area contributed by atoms with E-state index >= 15 is 0 Å². The van der Waals surface area contributed by atoms with Crippen molar-refractivity contribution in [3.8, 4) is 10.7 Å². The second kappa shape index (κ2) is 10.2. The van der Waals surface area contributed by atoms with Gasteiger partial charge in [-0.2, -0.15) is 0 Å². The standard InChI is InChI=1S/C23H22N4OS3/c1-16(22(28)24-18-11-6-7-12-19(18)29-2)31-23-26-25-21(20-13-8-14-30-20)27(23)15-17-9-4-3-5-10-17/h3-14,16H,15H2,1-2H3,(H,24,28). The van der Waals surface area contributed by atoms with Crippen LogP contribution in [0.2, 0.25) is 0 Å². The number of thioether (sulfide) groups is 2. The van der Waals surface area contributed by atoms with Gasteiger partial charge in [0.05, 0.1) is 22.4 Å². The Morgan fingerprint density at radius 1 is 1.06 bits per heavy atom. The molecule has 5 nitrogen and oxygen atoms in total. The molecule has 0 saturated heterocycles. The summed E-state index contributed by atoms with van der Waals surface area (Å²) in [5.41, 5.74) is 1.99. The smallest absolute Gasteiger partial charge is 0.237 e. The molecule has 8 heteroatoms. The van der Waals surface area contributed by atoms with E-state index in [1.165, 1.54) is 11.8 Å². The van der Waals surface area contributed by atoms with Gasteiger partial charge in [0.1, 0.15) is 0 Å². The Kier molecular flexibility index (Phi) is 7.11. The van der Waals surface area contributed by atoms with Crippen LogP contribution in [0.1, 0.15) is 12.5 Å². The zero-order valence-electron chi connectivity index (χ0n) is 17.2. The van der Waals surface area contributed by atoms with Crippen molar-refractivity contribution in [1.29, 1.82) is 0 Å². The number of anilines is 1. The van der Waals surface area contributed by atoms with Gasteiger partial charge in [-0.3, -0.25) is 9.36 Å². The molecule has 158 valence electrons.